The first-order valence-corrected chi connectivity index (χ1v) is 9.07. The van der Waals surface area contributed by atoms with Gasteiger partial charge in [-0.2, -0.15) is 4.98 Å². The van der Waals surface area contributed by atoms with Gasteiger partial charge in [-0.25, -0.2) is 14.2 Å². The zero-order chi connectivity index (χ0) is 20.8. The number of oxazole rings is 2. The quantitative estimate of drug-likeness (QED) is 0.486. The topological polar surface area (TPSA) is 140 Å². The molecule has 0 amide bonds. The van der Waals surface area contributed by atoms with Gasteiger partial charge in [-0.05, 0) is 31.2 Å². The molecule has 0 fully saturated rings. The summed E-state index contributed by atoms with van der Waals surface area (Å²) in [6, 6.07) is 6.54. The maximum atomic E-state index is 12.9. The number of rotatable bonds is 4. The van der Waals surface area contributed by atoms with Crippen molar-refractivity contribution < 1.29 is 27.2 Å². The molecule has 10 heteroatoms. The van der Waals surface area contributed by atoms with Crippen LogP contribution in [0.1, 0.15) is 30.1 Å². The number of furan rings is 2. The number of ether oxygens (including phenoxy) is 1. The highest BCUT2D eigenvalue weighted by atomic mass is 16.5. The van der Waals surface area contributed by atoms with Crippen molar-refractivity contribution in [3.8, 4) is 5.88 Å². The predicted molar refractivity (Wildman–Crippen MR) is 101 cm³/mol. The molecule has 0 aromatic carbocycles. The summed E-state index contributed by atoms with van der Waals surface area (Å²) in [5, 5.41) is 0.0667. The lowest BCUT2D eigenvalue weighted by Crippen LogP contribution is -2.37. The molecule has 0 saturated carbocycles. The third-order valence-corrected chi connectivity index (χ3v) is 4.63. The first kappa shape index (κ1) is 17.9. The van der Waals surface area contributed by atoms with Gasteiger partial charge in [0.25, 0.3) is 6.01 Å². The minimum absolute atomic E-state index is 0.0452. The zero-order valence-corrected chi connectivity index (χ0v) is 15.7. The van der Waals surface area contributed by atoms with Gasteiger partial charge >= 0.3 is 11.6 Å². The maximum Gasteiger partial charge on any atom is 0.362 e. The van der Waals surface area contributed by atoms with Crippen LogP contribution in [0.3, 0.4) is 0 Å². The van der Waals surface area contributed by atoms with Crippen LogP contribution in [0, 0.1) is 0 Å². The number of nitrogens with zero attached hydrogens (tertiary/aromatic N) is 2. The molecule has 2 N–H and O–H groups in total. The number of hydrogen-bond acceptors (Lipinski definition) is 9. The van der Waals surface area contributed by atoms with Crippen molar-refractivity contribution in [3.63, 3.8) is 0 Å². The number of carbonyl (C=O) groups excluding carboxylic acids is 1. The molecule has 0 radical (unpaired) electrons. The van der Waals surface area contributed by atoms with Gasteiger partial charge in [0.2, 0.25) is 11.4 Å². The Hall–Kier alpha value is -4.21. The lowest BCUT2D eigenvalue weighted by molar-refractivity contribution is -0.136. The number of nitrogens with two attached hydrogens (primary N) is 1. The molecule has 4 aromatic rings. The number of aromatic nitrogens is 2. The average molecular weight is 409 g/mol. The number of fused-ring (bicyclic) bond motifs is 3. The van der Waals surface area contributed by atoms with E-state index in [1.165, 1.54) is 23.2 Å². The Balaban J connectivity index is 1.93. The fraction of sp³-hybridized carbons (Fsp3) is 0.150. The summed E-state index contributed by atoms with van der Waals surface area (Å²) in [5.74, 6) is -0.585. The first-order valence-electron chi connectivity index (χ1n) is 9.07. The van der Waals surface area contributed by atoms with Gasteiger partial charge in [0.1, 0.15) is 34.1 Å². The summed E-state index contributed by atoms with van der Waals surface area (Å²) in [7, 11) is 0. The fourth-order valence-electron chi connectivity index (χ4n) is 3.49. The Bertz CT molecular complexity index is 1400. The van der Waals surface area contributed by atoms with E-state index in [-0.39, 0.29) is 40.7 Å². The second-order valence-corrected chi connectivity index (χ2v) is 6.40. The van der Waals surface area contributed by atoms with E-state index in [1.807, 2.05) is 0 Å². The standard InChI is InChI=1S/C20H15N3O7/c1-2-26-19(25)14-13(12-6-4-8-28-12)15-17(30-20(21)22-15)23-11(18(24)29-16(14)23)9-10-5-3-7-27-10/h3-9,13H,2H2,1H3,(H2,21,22)/b11-9+/t13-/m0/s1. The summed E-state index contributed by atoms with van der Waals surface area (Å²) in [6.45, 7) is 1.80. The van der Waals surface area contributed by atoms with E-state index in [1.54, 1.807) is 31.2 Å². The molecule has 5 heterocycles. The van der Waals surface area contributed by atoms with Crippen molar-refractivity contribution >= 4 is 23.6 Å². The molecule has 0 aliphatic carbocycles. The van der Waals surface area contributed by atoms with Gasteiger partial charge in [-0.15, -0.1) is 0 Å². The second-order valence-electron chi connectivity index (χ2n) is 6.40. The SMILES string of the molecule is CCOC(=O)C1=c2oc(=O)/c(=C\c3ccco3)n2-c2oc(N)nc2[C@H]1c1ccco1. The summed E-state index contributed by atoms with van der Waals surface area (Å²) >= 11 is 0. The van der Waals surface area contributed by atoms with Crippen molar-refractivity contribution in [2.24, 2.45) is 0 Å². The molecule has 30 heavy (non-hydrogen) atoms. The molecule has 1 aliphatic heterocycles. The molecule has 152 valence electrons. The molecular weight excluding hydrogens is 394 g/mol. The third kappa shape index (κ3) is 2.61. The molecule has 1 atom stereocenters. The summed E-state index contributed by atoms with van der Waals surface area (Å²) in [5.41, 5.74) is 5.40. The number of anilines is 1. The number of carbonyl (C=O) groups is 1. The largest absolute Gasteiger partial charge is 0.468 e. The Morgan fingerprint density at radius 1 is 1.27 bits per heavy atom. The van der Waals surface area contributed by atoms with E-state index in [0.717, 1.165) is 0 Å². The fourth-order valence-corrected chi connectivity index (χ4v) is 3.49. The van der Waals surface area contributed by atoms with Crippen LogP contribution in [-0.2, 0) is 9.53 Å². The van der Waals surface area contributed by atoms with E-state index in [0.29, 0.717) is 11.5 Å². The average Bonchev–Trinajstić information content (AvgIpc) is 3.49. The summed E-state index contributed by atoms with van der Waals surface area (Å²) < 4.78 is 28.5. The Kier molecular flexibility index (Phi) is 3.98. The number of esters is 1. The van der Waals surface area contributed by atoms with Crippen LogP contribution in [0.4, 0.5) is 6.01 Å². The van der Waals surface area contributed by atoms with Crippen LogP contribution in [0.15, 0.2) is 59.3 Å². The highest BCUT2D eigenvalue weighted by molar-refractivity contribution is 6.12. The van der Waals surface area contributed by atoms with Gasteiger partial charge in [0.15, 0.2) is 0 Å². The molecule has 10 nitrogen and oxygen atoms in total. The van der Waals surface area contributed by atoms with E-state index in [9.17, 15) is 9.59 Å². The Labute approximate surface area is 167 Å². The third-order valence-electron chi connectivity index (χ3n) is 4.63. The summed E-state index contributed by atoms with van der Waals surface area (Å²) in [4.78, 5) is 29.9. The smallest absolute Gasteiger partial charge is 0.362 e. The monoisotopic (exact) mass is 409 g/mol. The van der Waals surface area contributed by atoms with Crippen LogP contribution in [0.5, 0.6) is 0 Å². The van der Waals surface area contributed by atoms with E-state index in [4.69, 9.17) is 28.1 Å². The molecule has 0 unspecified atom stereocenters. The minimum atomic E-state index is -0.836. The van der Waals surface area contributed by atoms with Crippen molar-refractivity contribution in [1.82, 2.24) is 9.55 Å². The molecule has 1 aliphatic rings. The Morgan fingerprint density at radius 2 is 2.07 bits per heavy atom. The van der Waals surface area contributed by atoms with Gasteiger partial charge in [-0.3, -0.25) is 0 Å². The van der Waals surface area contributed by atoms with Crippen LogP contribution < -0.4 is 22.3 Å². The first-order chi connectivity index (χ1) is 14.6. The van der Waals surface area contributed by atoms with E-state index in [2.05, 4.69) is 4.98 Å². The van der Waals surface area contributed by atoms with E-state index < -0.39 is 17.5 Å². The lowest BCUT2D eigenvalue weighted by Gasteiger charge is -2.19. The molecule has 0 spiro atoms. The number of nitrogen functional groups attached to an aromatic ring is 1. The lowest BCUT2D eigenvalue weighted by atomic mass is 9.91. The minimum Gasteiger partial charge on any atom is -0.468 e. The van der Waals surface area contributed by atoms with Gasteiger partial charge in [-0.1, -0.05) is 0 Å². The van der Waals surface area contributed by atoms with Crippen molar-refractivity contribution in [2.75, 3.05) is 12.3 Å². The molecule has 0 bridgehead atoms. The molecule has 0 saturated heterocycles. The molecule has 4 aromatic heterocycles. The van der Waals surface area contributed by atoms with Crippen molar-refractivity contribution in [1.29, 1.82) is 0 Å². The maximum absolute atomic E-state index is 12.9. The van der Waals surface area contributed by atoms with Crippen LogP contribution in [0.25, 0.3) is 17.5 Å². The predicted octanol–water partition coefficient (Wildman–Crippen LogP) is 0.875. The van der Waals surface area contributed by atoms with Gasteiger partial charge < -0.3 is 28.1 Å². The van der Waals surface area contributed by atoms with Gasteiger partial charge in [0, 0.05) is 6.08 Å². The molecular formula is C20H15N3O7. The van der Waals surface area contributed by atoms with Crippen LogP contribution in [0.2, 0.25) is 0 Å². The van der Waals surface area contributed by atoms with Crippen LogP contribution in [-0.4, -0.2) is 22.1 Å². The van der Waals surface area contributed by atoms with E-state index >= 15 is 0 Å². The molecule has 5 rings (SSSR count). The highest BCUT2D eigenvalue weighted by Crippen LogP contribution is 2.38. The second kappa shape index (κ2) is 6.69. The number of hydrogen-bond donors (Lipinski definition) is 1. The van der Waals surface area contributed by atoms with Crippen LogP contribution >= 0.6 is 0 Å². The highest BCUT2D eigenvalue weighted by Gasteiger charge is 2.41. The van der Waals surface area contributed by atoms with Crippen molar-refractivity contribution in [2.45, 2.75) is 12.8 Å². The van der Waals surface area contributed by atoms with Gasteiger partial charge in [0.05, 0.1) is 19.1 Å². The zero-order valence-electron chi connectivity index (χ0n) is 15.7. The van der Waals surface area contributed by atoms with Crippen molar-refractivity contribution in [3.05, 3.63) is 75.3 Å². The summed E-state index contributed by atoms with van der Waals surface area (Å²) in [6.07, 6.45) is 4.39. The Morgan fingerprint density at radius 3 is 2.77 bits per heavy atom. The normalized spacial score (nSPS) is 15.8.